The van der Waals surface area contributed by atoms with E-state index in [9.17, 15) is 13.6 Å². The van der Waals surface area contributed by atoms with Gasteiger partial charge in [-0.1, -0.05) is 18.2 Å². The number of amides is 1. The summed E-state index contributed by atoms with van der Waals surface area (Å²) in [5.41, 5.74) is 5.98. The van der Waals surface area contributed by atoms with Gasteiger partial charge in [0.1, 0.15) is 5.60 Å². The fourth-order valence-corrected chi connectivity index (χ4v) is 3.18. The lowest BCUT2D eigenvalue weighted by atomic mass is 9.88. The Morgan fingerprint density at radius 1 is 1.31 bits per heavy atom. The van der Waals surface area contributed by atoms with E-state index in [-0.39, 0.29) is 30.0 Å². The van der Waals surface area contributed by atoms with Gasteiger partial charge in [-0.3, -0.25) is 0 Å². The molecule has 2 N–H and O–H groups in total. The minimum Gasteiger partial charge on any atom is -0.444 e. The fraction of sp³-hybridized carbons (Fsp3) is 0.650. The molecule has 0 saturated carbocycles. The van der Waals surface area contributed by atoms with Gasteiger partial charge in [-0.05, 0) is 58.1 Å². The molecule has 1 aliphatic rings. The van der Waals surface area contributed by atoms with Crippen LogP contribution >= 0.6 is 0 Å². The number of rotatable bonds is 4. The van der Waals surface area contributed by atoms with E-state index >= 15 is 0 Å². The first-order valence-electron chi connectivity index (χ1n) is 9.20. The van der Waals surface area contributed by atoms with E-state index in [4.69, 9.17) is 10.5 Å². The molecule has 1 heterocycles. The van der Waals surface area contributed by atoms with E-state index in [2.05, 4.69) is 0 Å². The van der Waals surface area contributed by atoms with Gasteiger partial charge in [0.15, 0.2) is 0 Å². The molecule has 0 radical (unpaired) electrons. The SMILES string of the molecule is C[C@@H](N)c1cccc(C(F)(F)CC2CCN(C(=O)OC(C)(C)C)CC2)c1. The van der Waals surface area contributed by atoms with Crippen molar-refractivity contribution in [2.24, 2.45) is 11.7 Å². The minimum absolute atomic E-state index is 0.0156. The molecule has 1 aliphatic heterocycles. The Morgan fingerprint density at radius 2 is 1.92 bits per heavy atom. The van der Waals surface area contributed by atoms with Crippen molar-refractivity contribution in [3.8, 4) is 0 Å². The molecule has 1 amide bonds. The highest BCUT2D eigenvalue weighted by atomic mass is 19.3. The molecule has 1 aromatic carbocycles. The Bertz CT molecular complexity index is 618. The molecule has 1 fully saturated rings. The summed E-state index contributed by atoms with van der Waals surface area (Å²) < 4.78 is 34.8. The molecule has 0 unspecified atom stereocenters. The van der Waals surface area contributed by atoms with E-state index in [0.717, 1.165) is 0 Å². The third kappa shape index (κ3) is 5.66. The molecule has 4 nitrogen and oxygen atoms in total. The van der Waals surface area contributed by atoms with Crippen LogP contribution in [0.25, 0.3) is 0 Å². The number of halogens is 2. The second-order valence-corrected chi connectivity index (χ2v) is 8.23. The summed E-state index contributed by atoms with van der Waals surface area (Å²) >= 11 is 0. The lowest BCUT2D eigenvalue weighted by Gasteiger charge is -2.34. The van der Waals surface area contributed by atoms with Gasteiger partial charge in [0.2, 0.25) is 0 Å². The molecular weight excluding hydrogens is 338 g/mol. The van der Waals surface area contributed by atoms with Crippen molar-refractivity contribution < 1.29 is 18.3 Å². The van der Waals surface area contributed by atoms with Crippen LogP contribution in [0.15, 0.2) is 24.3 Å². The predicted molar refractivity (Wildman–Crippen MR) is 98.1 cm³/mol. The fourth-order valence-electron chi connectivity index (χ4n) is 3.18. The maximum Gasteiger partial charge on any atom is 0.410 e. The van der Waals surface area contributed by atoms with E-state index in [1.807, 2.05) is 20.8 Å². The zero-order valence-corrected chi connectivity index (χ0v) is 16.1. The standard InChI is InChI=1S/C20H30F2N2O2/c1-14(23)16-6-5-7-17(12-16)20(21,22)13-15-8-10-24(11-9-15)18(25)26-19(2,3)4/h5-7,12,14-15H,8-11,13,23H2,1-4H3/t14-/m1/s1. The van der Waals surface area contributed by atoms with Gasteiger partial charge < -0.3 is 15.4 Å². The monoisotopic (exact) mass is 368 g/mol. The molecule has 0 bridgehead atoms. The maximum atomic E-state index is 14.7. The molecule has 1 saturated heterocycles. The highest BCUT2D eigenvalue weighted by Crippen LogP contribution is 2.38. The predicted octanol–water partition coefficient (Wildman–Crippen LogP) is 4.84. The van der Waals surface area contributed by atoms with Crippen LogP contribution in [0.4, 0.5) is 13.6 Å². The Morgan fingerprint density at radius 3 is 2.46 bits per heavy atom. The van der Waals surface area contributed by atoms with Crippen molar-refractivity contribution in [2.45, 2.75) is 64.5 Å². The van der Waals surface area contributed by atoms with Crippen LogP contribution in [-0.4, -0.2) is 29.7 Å². The van der Waals surface area contributed by atoms with Crippen LogP contribution in [0, 0.1) is 5.92 Å². The number of benzene rings is 1. The highest BCUT2D eigenvalue weighted by Gasteiger charge is 2.37. The zero-order chi connectivity index (χ0) is 19.5. The number of ether oxygens (including phenoxy) is 1. The molecule has 0 aromatic heterocycles. The number of carbonyl (C=O) groups excluding carboxylic acids is 1. The summed E-state index contributed by atoms with van der Waals surface area (Å²) in [6.45, 7) is 8.13. The molecule has 1 aromatic rings. The Hall–Kier alpha value is -1.69. The van der Waals surface area contributed by atoms with E-state index in [1.54, 1.807) is 24.0 Å². The van der Waals surface area contributed by atoms with Crippen LogP contribution in [0.2, 0.25) is 0 Å². The number of nitrogens with two attached hydrogens (primary N) is 1. The smallest absolute Gasteiger partial charge is 0.410 e. The number of hydrogen-bond donors (Lipinski definition) is 1. The van der Waals surface area contributed by atoms with Crippen LogP contribution in [0.5, 0.6) is 0 Å². The van der Waals surface area contributed by atoms with Crippen molar-refractivity contribution in [3.63, 3.8) is 0 Å². The average Bonchev–Trinajstić information content (AvgIpc) is 2.53. The van der Waals surface area contributed by atoms with Gasteiger partial charge in [0, 0.05) is 31.1 Å². The van der Waals surface area contributed by atoms with E-state index < -0.39 is 11.5 Å². The molecule has 26 heavy (non-hydrogen) atoms. The molecule has 1 atom stereocenters. The molecule has 146 valence electrons. The first-order valence-corrected chi connectivity index (χ1v) is 9.20. The van der Waals surface area contributed by atoms with Gasteiger partial charge in [0.25, 0.3) is 5.92 Å². The highest BCUT2D eigenvalue weighted by molar-refractivity contribution is 5.68. The van der Waals surface area contributed by atoms with Gasteiger partial charge in [-0.25, -0.2) is 13.6 Å². The van der Waals surface area contributed by atoms with Gasteiger partial charge in [0.05, 0.1) is 0 Å². The summed E-state index contributed by atoms with van der Waals surface area (Å²) in [6, 6.07) is 6.08. The summed E-state index contributed by atoms with van der Waals surface area (Å²) in [7, 11) is 0. The molecule has 2 rings (SSSR count). The molecular formula is C20H30F2N2O2. The molecule has 6 heteroatoms. The summed E-state index contributed by atoms with van der Waals surface area (Å²) in [5.74, 6) is -3.02. The van der Waals surface area contributed by atoms with Crippen LogP contribution in [-0.2, 0) is 10.7 Å². The van der Waals surface area contributed by atoms with Gasteiger partial charge in [-0.15, -0.1) is 0 Å². The number of nitrogens with zero attached hydrogens (tertiary/aromatic N) is 1. The first-order chi connectivity index (χ1) is 12.0. The maximum absolute atomic E-state index is 14.7. The largest absolute Gasteiger partial charge is 0.444 e. The van der Waals surface area contributed by atoms with Crippen LogP contribution in [0.1, 0.15) is 64.1 Å². The minimum atomic E-state index is -2.90. The Balaban J connectivity index is 1.94. The number of hydrogen-bond acceptors (Lipinski definition) is 3. The van der Waals surface area contributed by atoms with Crippen LogP contribution < -0.4 is 5.73 Å². The number of piperidine rings is 1. The lowest BCUT2D eigenvalue weighted by molar-refractivity contribution is -0.0385. The van der Waals surface area contributed by atoms with Gasteiger partial charge in [-0.2, -0.15) is 0 Å². The van der Waals surface area contributed by atoms with Crippen molar-refractivity contribution in [1.29, 1.82) is 0 Å². The quantitative estimate of drug-likeness (QED) is 0.828. The first kappa shape index (κ1) is 20.6. The number of likely N-dealkylation sites (tertiary alicyclic amines) is 1. The third-order valence-corrected chi connectivity index (χ3v) is 4.65. The summed E-state index contributed by atoms with van der Waals surface area (Å²) in [5, 5.41) is 0. The van der Waals surface area contributed by atoms with Crippen molar-refractivity contribution in [1.82, 2.24) is 4.90 Å². The normalized spacial score (nSPS) is 17.9. The number of alkyl halides is 2. The number of carbonyl (C=O) groups is 1. The van der Waals surface area contributed by atoms with E-state index in [0.29, 0.717) is 31.5 Å². The average molecular weight is 368 g/mol. The second kappa shape index (κ2) is 7.91. The second-order valence-electron chi connectivity index (χ2n) is 8.23. The Kier molecular flexibility index (Phi) is 6.27. The third-order valence-electron chi connectivity index (χ3n) is 4.65. The van der Waals surface area contributed by atoms with E-state index in [1.165, 1.54) is 12.1 Å². The summed E-state index contributed by atoms with van der Waals surface area (Å²) in [4.78, 5) is 13.7. The molecule has 0 spiro atoms. The Labute approximate surface area is 154 Å². The molecule has 0 aliphatic carbocycles. The van der Waals surface area contributed by atoms with Crippen LogP contribution in [0.3, 0.4) is 0 Å². The summed E-state index contributed by atoms with van der Waals surface area (Å²) in [6.07, 6.45) is 0.536. The van der Waals surface area contributed by atoms with Gasteiger partial charge >= 0.3 is 6.09 Å². The van der Waals surface area contributed by atoms with Crippen molar-refractivity contribution in [2.75, 3.05) is 13.1 Å². The topological polar surface area (TPSA) is 55.6 Å². The zero-order valence-electron chi connectivity index (χ0n) is 16.1. The van der Waals surface area contributed by atoms with Crippen molar-refractivity contribution in [3.05, 3.63) is 35.4 Å². The lowest BCUT2D eigenvalue weighted by Crippen LogP contribution is -2.42. The van der Waals surface area contributed by atoms with Crippen molar-refractivity contribution >= 4 is 6.09 Å².